The Kier molecular flexibility index (Phi) is 6.78. The van der Waals surface area contributed by atoms with Crippen molar-refractivity contribution >= 4 is 43.5 Å². The lowest BCUT2D eigenvalue weighted by atomic mass is 9.89. The number of hydrogen-bond acceptors (Lipinski definition) is 4. The molecule has 2 heterocycles. The zero-order valence-corrected chi connectivity index (χ0v) is 27.5. The lowest BCUT2D eigenvalue weighted by Gasteiger charge is -2.15. The van der Waals surface area contributed by atoms with Crippen LogP contribution < -0.4 is 0 Å². The lowest BCUT2D eigenvalue weighted by molar-refractivity contribution is 0.672. The quantitative estimate of drug-likeness (QED) is 0.186. The van der Waals surface area contributed by atoms with Gasteiger partial charge in [-0.1, -0.05) is 146 Å². The molecule has 0 saturated carbocycles. The Labute approximate surface area is 294 Å². The number of para-hydroxylation sites is 1. The fourth-order valence-corrected chi connectivity index (χ4v) is 7.29. The average Bonchev–Trinajstić information content (AvgIpc) is 3.59. The van der Waals surface area contributed by atoms with Crippen molar-refractivity contribution in [2.45, 2.75) is 0 Å². The maximum absolute atomic E-state index is 6.54. The summed E-state index contributed by atoms with van der Waals surface area (Å²) in [5.41, 5.74) is 9.25. The van der Waals surface area contributed by atoms with Crippen molar-refractivity contribution in [2.24, 2.45) is 0 Å². The third kappa shape index (κ3) is 4.96. The maximum atomic E-state index is 6.54. The molecule has 0 fully saturated rings. The molecule has 4 nitrogen and oxygen atoms in total. The van der Waals surface area contributed by atoms with E-state index in [-0.39, 0.29) is 0 Å². The Morgan fingerprint density at radius 1 is 0.294 bits per heavy atom. The minimum atomic E-state index is 0.637. The topological polar surface area (TPSA) is 51.8 Å². The van der Waals surface area contributed by atoms with Crippen molar-refractivity contribution in [3.8, 4) is 56.4 Å². The Balaban J connectivity index is 1.24. The second-order valence-electron chi connectivity index (χ2n) is 12.8. The first-order chi connectivity index (χ1) is 25.3. The predicted molar refractivity (Wildman–Crippen MR) is 209 cm³/mol. The molecule has 4 heteroatoms. The number of nitrogens with zero attached hydrogens (tertiary/aromatic N) is 3. The van der Waals surface area contributed by atoms with E-state index < -0.39 is 0 Å². The first-order valence-corrected chi connectivity index (χ1v) is 17.1. The number of furan rings is 1. The van der Waals surface area contributed by atoms with Crippen molar-refractivity contribution in [3.63, 3.8) is 0 Å². The summed E-state index contributed by atoms with van der Waals surface area (Å²) < 4.78 is 6.54. The van der Waals surface area contributed by atoms with E-state index in [0.717, 1.165) is 76.9 Å². The normalized spacial score (nSPS) is 11.5. The highest BCUT2D eigenvalue weighted by molar-refractivity contribution is 6.21. The Bertz CT molecular complexity index is 2840. The summed E-state index contributed by atoms with van der Waals surface area (Å²) >= 11 is 0. The molecule has 0 unspecified atom stereocenters. The molecule has 0 aliphatic carbocycles. The van der Waals surface area contributed by atoms with Crippen molar-refractivity contribution in [2.75, 3.05) is 0 Å². The van der Waals surface area contributed by atoms with Gasteiger partial charge in [0.25, 0.3) is 0 Å². The highest BCUT2D eigenvalue weighted by Gasteiger charge is 2.20. The highest BCUT2D eigenvalue weighted by Crippen LogP contribution is 2.44. The molecule has 0 aliphatic rings. The minimum absolute atomic E-state index is 0.637. The fraction of sp³-hybridized carbons (Fsp3) is 0. The van der Waals surface area contributed by atoms with E-state index in [1.807, 2.05) is 72.8 Å². The van der Waals surface area contributed by atoms with Gasteiger partial charge < -0.3 is 4.42 Å². The van der Waals surface area contributed by atoms with E-state index in [4.69, 9.17) is 19.4 Å². The first kappa shape index (κ1) is 29.0. The third-order valence-corrected chi connectivity index (χ3v) is 9.74. The molecule has 10 aromatic rings. The largest absolute Gasteiger partial charge is 0.455 e. The molecule has 0 radical (unpaired) electrons. The van der Waals surface area contributed by atoms with E-state index in [1.165, 1.54) is 5.56 Å². The van der Waals surface area contributed by atoms with Crippen LogP contribution in [0.25, 0.3) is 99.9 Å². The van der Waals surface area contributed by atoms with Gasteiger partial charge in [0.05, 0.1) is 0 Å². The molecule has 8 aromatic carbocycles. The standard InChI is InChI=1S/C47H29N3O/c1-4-14-30(15-5-1)33-24-25-38-40(28-33)41(29-42-37-22-12-13-23-43(37)51-44(38)42)36-26-27-39(35-21-11-10-20-34(35)36)47-49-45(31-16-6-2-7-17-31)48-46(50-47)32-18-8-3-9-19-32/h1-29H. The van der Waals surface area contributed by atoms with Gasteiger partial charge in [0.15, 0.2) is 17.5 Å². The van der Waals surface area contributed by atoms with Gasteiger partial charge in [0, 0.05) is 32.8 Å². The smallest absolute Gasteiger partial charge is 0.164 e. The van der Waals surface area contributed by atoms with Crippen molar-refractivity contribution in [3.05, 3.63) is 176 Å². The Morgan fingerprint density at radius 3 is 1.49 bits per heavy atom. The van der Waals surface area contributed by atoms with Gasteiger partial charge in [0.2, 0.25) is 0 Å². The molecular formula is C47H29N3O. The molecule has 0 N–H and O–H groups in total. The summed E-state index contributed by atoms with van der Waals surface area (Å²) in [7, 11) is 0. The van der Waals surface area contributed by atoms with Crippen LogP contribution in [-0.4, -0.2) is 15.0 Å². The Morgan fingerprint density at radius 2 is 0.824 bits per heavy atom. The zero-order chi connectivity index (χ0) is 33.7. The monoisotopic (exact) mass is 651 g/mol. The first-order valence-electron chi connectivity index (χ1n) is 17.1. The van der Waals surface area contributed by atoms with Crippen LogP contribution in [0.5, 0.6) is 0 Å². The summed E-state index contributed by atoms with van der Waals surface area (Å²) in [6.45, 7) is 0. The number of rotatable bonds is 5. The van der Waals surface area contributed by atoms with Gasteiger partial charge in [-0.25, -0.2) is 15.0 Å². The minimum Gasteiger partial charge on any atom is -0.455 e. The highest BCUT2D eigenvalue weighted by atomic mass is 16.3. The Hall–Kier alpha value is -6.91. The summed E-state index contributed by atoms with van der Waals surface area (Å²) in [6.07, 6.45) is 0. The lowest BCUT2D eigenvalue weighted by Crippen LogP contribution is -2.00. The maximum Gasteiger partial charge on any atom is 0.164 e. The van der Waals surface area contributed by atoms with Crippen LogP contribution in [-0.2, 0) is 0 Å². The van der Waals surface area contributed by atoms with Crippen molar-refractivity contribution in [1.82, 2.24) is 15.0 Å². The van der Waals surface area contributed by atoms with Crippen LogP contribution >= 0.6 is 0 Å². The second-order valence-corrected chi connectivity index (χ2v) is 12.8. The zero-order valence-electron chi connectivity index (χ0n) is 27.5. The molecule has 0 atom stereocenters. The number of fused-ring (bicyclic) bond motifs is 6. The van der Waals surface area contributed by atoms with Crippen LogP contribution in [0.15, 0.2) is 180 Å². The molecule has 0 aliphatic heterocycles. The summed E-state index contributed by atoms with van der Waals surface area (Å²) in [4.78, 5) is 15.1. The van der Waals surface area contributed by atoms with Gasteiger partial charge >= 0.3 is 0 Å². The van der Waals surface area contributed by atoms with Gasteiger partial charge in [-0.05, 0) is 68.7 Å². The van der Waals surface area contributed by atoms with Crippen LogP contribution in [0, 0.1) is 0 Å². The molecule has 2 aromatic heterocycles. The molecule has 238 valence electrons. The molecule has 10 rings (SSSR count). The number of aromatic nitrogens is 3. The SMILES string of the molecule is c1ccc(-c2ccc3c(c2)c(-c2ccc(-c4nc(-c5ccccc5)nc(-c5ccccc5)n4)c4ccccc24)cc2c4ccccc4oc32)cc1. The van der Waals surface area contributed by atoms with E-state index in [2.05, 4.69) is 103 Å². The fourth-order valence-electron chi connectivity index (χ4n) is 7.29. The average molecular weight is 652 g/mol. The van der Waals surface area contributed by atoms with E-state index in [0.29, 0.717) is 17.5 Å². The van der Waals surface area contributed by atoms with Crippen LogP contribution in [0.3, 0.4) is 0 Å². The molecule has 0 amide bonds. The van der Waals surface area contributed by atoms with Gasteiger partial charge in [-0.3, -0.25) is 0 Å². The van der Waals surface area contributed by atoms with E-state index >= 15 is 0 Å². The number of benzene rings is 8. The van der Waals surface area contributed by atoms with Gasteiger partial charge in [-0.15, -0.1) is 0 Å². The summed E-state index contributed by atoms with van der Waals surface area (Å²) in [6, 6.07) is 61.1. The summed E-state index contributed by atoms with van der Waals surface area (Å²) in [5, 5.41) is 6.63. The van der Waals surface area contributed by atoms with Crippen LogP contribution in [0.1, 0.15) is 0 Å². The van der Waals surface area contributed by atoms with E-state index in [9.17, 15) is 0 Å². The summed E-state index contributed by atoms with van der Waals surface area (Å²) in [5.74, 6) is 1.92. The molecular weight excluding hydrogens is 623 g/mol. The molecule has 0 spiro atoms. The van der Waals surface area contributed by atoms with Crippen LogP contribution in [0.2, 0.25) is 0 Å². The third-order valence-electron chi connectivity index (χ3n) is 9.74. The molecule has 0 saturated heterocycles. The van der Waals surface area contributed by atoms with Crippen molar-refractivity contribution < 1.29 is 4.42 Å². The number of hydrogen-bond donors (Lipinski definition) is 0. The molecule has 51 heavy (non-hydrogen) atoms. The van der Waals surface area contributed by atoms with E-state index in [1.54, 1.807) is 0 Å². The molecule has 0 bridgehead atoms. The van der Waals surface area contributed by atoms with Gasteiger partial charge in [0.1, 0.15) is 11.2 Å². The second kappa shape index (κ2) is 11.9. The van der Waals surface area contributed by atoms with Gasteiger partial charge in [-0.2, -0.15) is 0 Å². The van der Waals surface area contributed by atoms with Crippen molar-refractivity contribution in [1.29, 1.82) is 0 Å². The van der Waals surface area contributed by atoms with Crippen LogP contribution in [0.4, 0.5) is 0 Å². The predicted octanol–water partition coefficient (Wildman–Crippen LogP) is 12.4.